The molecule has 1 N–H and O–H groups in total. The molecule has 0 aliphatic heterocycles. The van der Waals surface area contributed by atoms with Gasteiger partial charge in [-0.05, 0) is 39.5 Å². The molecule has 0 heterocycles. The third kappa shape index (κ3) is 9.52. The predicted molar refractivity (Wildman–Crippen MR) is 98.7 cm³/mol. The second kappa shape index (κ2) is 10.6. The van der Waals surface area contributed by atoms with Crippen LogP contribution in [0.2, 0.25) is 0 Å². The molecule has 1 saturated carbocycles. The third-order valence-corrected chi connectivity index (χ3v) is 3.48. The Morgan fingerprint density at radius 2 is 2.05 bits per heavy atom. The lowest BCUT2D eigenvalue weighted by Crippen LogP contribution is -2.41. The van der Waals surface area contributed by atoms with Crippen LogP contribution in [-0.2, 0) is 9.47 Å². The van der Waals surface area contributed by atoms with Gasteiger partial charge in [-0.25, -0.2) is 0 Å². The number of hydrogen-bond acceptors (Lipinski definition) is 3. The van der Waals surface area contributed by atoms with Gasteiger partial charge < -0.3 is 19.7 Å². The standard InChI is InChI=1S/C15H31N3O2.HI/c1-6-16-14(17-12-15(2,3)19-5)18(4)9-10-20-11-13-7-8-13;/h13H,6-12H2,1-5H3,(H,16,17);1H. The lowest BCUT2D eigenvalue weighted by molar-refractivity contribution is 0.0308. The van der Waals surface area contributed by atoms with Crippen molar-refractivity contribution in [1.29, 1.82) is 0 Å². The molecule has 0 atom stereocenters. The summed E-state index contributed by atoms with van der Waals surface area (Å²) in [6.07, 6.45) is 2.68. The Morgan fingerprint density at radius 1 is 1.38 bits per heavy atom. The molecule has 5 nitrogen and oxygen atoms in total. The Labute approximate surface area is 146 Å². The van der Waals surface area contributed by atoms with Gasteiger partial charge in [-0.15, -0.1) is 24.0 Å². The number of ether oxygens (including phenoxy) is 2. The topological polar surface area (TPSA) is 46.1 Å². The molecule has 0 aromatic carbocycles. The number of halogens is 1. The lowest BCUT2D eigenvalue weighted by atomic mass is 10.1. The Kier molecular flexibility index (Phi) is 10.6. The minimum atomic E-state index is -0.232. The van der Waals surface area contributed by atoms with Crippen molar-refractivity contribution in [2.24, 2.45) is 10.9 Å². The third-order valence-electron chi connectivity index (χ3n) is 3.48. The number of nitrogens with zero attached hydrogens (tertiary/aromatic N) is 2. The quantitative estimate of drug-likeness (QED) is 0.273. The van der Waals surface area contributed by atoms with E-state index in [1.807, 2.05) is 20.9 Å². The fourth-order valence-corrected chi connectivity index (χ4v) is 1.64. The van der Waals surface area contributed by atoms with Crippen molar-refractivity contribution >= 4 is 29.9 Å². The van der Waals surface area contributed by atoms with Gasteiger partial charge in [0.15, 0.2) is 5.96 Å². The van der Waals surface area contributed by atoms with Crippen LogP contribution >= 0.6 is 24.0 Å². The van der Waals surface area contributed by atoms with Crippen LogP contribution in [0.1, 0.15) is 33.6 Å². The van der Waals surface area contributed by atoms with Gasteiger partial charge in [0.2, 0.25) is 0 Å². The molecule has 126 valence electrons. The molecule has 1 fully saturated rings. The van der Waals surface area contributed by atoms with Gasteiger partial charge in [-0.1, -0.05) is 0 Å². The minimum Gasteiger partial charge on any atom is -0.379 e. The SMILES string of the molecule is CCNC(=NCC(C)(C)OC)N(C)CCOCC1CC1.I. The number of rotatable bonds is 9. The van der Waals surface area contributed by atoms with E-state index in [0.29, 0.717) is 6.54 Å². The summed E-state index contributed by atoms with van der Waals surface area (Å²) in [7, 11) is 3.76. The van der Waals surface area contributed by atoms with E-state index < -0.39 is 0 Å². The van der Waals surface area contributed by atoms with E-state index >= 15 is 0 Å². The molecule has 0 aromatic rings. The van der Waals surface area contributed by atoms with E-state index in [2.05, 4.69) is 22.1 Å². The first kappa shape index (κ1) is 20.9. The number of aliphatic imine (C=N–C) groups is 1. The minimum absolute atomic E-state index is 0. The van der Waals surface area contributed by atoms with Gasteiger partial charge in [0.1, 0.15) is 0 Å². The predicted octanol–water partition coefficient (Wildman–Crippen LogP) is 2.35. The van der Waals surface area contributed by atoms with Crippen LogP contribution in [0.25, 0.3) is 0 Å². The van der Waals surface area contributed by atoms with Crippen LogP contribution in [0.15, 0.2) is 4.99 Å². The van der Waals surface area contributed by atoms with Crippen molar-refractivity contribution in [3.8, 4) is 0 Å². The van der Waals surface area contributed by atoms with E-state index in [9.17, 15) is 0 Å². The van der Waals surface area contributed by atoms with Crippen molar-refractivity contribution in [3.05, 3.63) is 0 Å². The van der Waals surface area contributed by atoms with E-state index in [0.717, 1.165) is 38.2 Å². The average Bonchev–Trinajstić information content (AvgIpc) is 3.23. The lowest BCUT2D eigenvalue weighted by Gasteiger charge is -2.25. The smallest absolute Gasteiger partial charge is 0.193 e. The number of guanidine groups is 1. The van der Waals surface area contributed by atoms with Crippen LogP contribution in [0.3, 0.4) is 0 Å². The molecule has 6 heteroatoms. The van der Waals surface area contributed by atoms with E-state index in [4.69, 9.17) is 9.47 Å². The Hall–Kier alpha value is -0.0800. The van der Waals surface area contributed by atoms with Gasteiger partial charge in [0, 0.05) is 33.9 Å². The van der Waals surface area contributed by atoms with E-state index in [-0.39, 0.29) is 29.6 Å². The number of nitrogens with one attached hydrogen (secondary N) is 1. The largest absolute Gasteiger partial charge is 0.379 e. The van der Waals surface area contributed by atoms with Gasteiger partial charge in [-0.2, -0.15) is 0 Å². The fraction of sp³-hybridized carbons (Fsp3) is 0.933. The van der Waals surface area contributed by atoms with Crippen molar-refractivity contribution in [2.75, 3.05) is 47.0 Å². The van der Waals surface area contributed by atoms with Crippen molar-refractivity contribution < 1.29 is 9.47 Å². The maximum absolute atomic E-state index is 5.67. The molecule has 21 heavy (non-hydrogen) atoms. The summed E-state index contributed by atoms with van der Waals surface area (Å²) < 4.78 is 11.1. The molecule has 0 saturated heterocycles. The summed E-state index contributed by atoms with van der Waals surface area (Å²) in [6.45, 7) is 10.2. The summed E-state index contributed by atoms with van der Waals surface area (Å²) in [6, 6.07) is 0. The van der Waals surface area contributed by atoms with Crippen molar-refractivity contribution in [2.45, 2.75) is 39.2 Å². The molecule has 1 aliphatic rings. The summed E-state index contributed by atoms with van der Waals surface area (Å²) in [4.78, 5) is 6.75. The zero-order chi connectivity index (χ0) is 15.0. The first-order valence-electron chi connectivity index (χ1n) is 7.61. The van der Waals surface area contributed by atoms with Crippen LogP contribution in [0.4, 0.5) is 0 Å². The summed E-state index contributed by atoms with van der Waals surface area (Å²) in [5, 5.41) is 3.31. The highest BCUT2D eigenvalue weighted by atomic mass is 127. The van der Waals surface area contributed by atoms with Gasteiger partial charge >= 0.3 is 0 Å². The molecular weight excluding hydrogens is 381 g/mol. The van der Waals surface area contributed by atoms with E-state index in [1.165, 1.54) is 12.8 Å². The Morgan fingerprint density at radius 3 is 2.57 bits per heavy atom. The highest BCUT2D eigenvalue weighted by Gasteiger charge is 2.21. The number of hydrogen-bond donors (Lipinski definition) is 1. The monoisotopic (exact) mass is 413 g/mol. The second-order valence-corrected chi connectivity index (χ2v) is 6.07. The molecule has 1 rings (SSSR count). The highest BCUT2D eigenvalue weighted by Crippen LogP contribution is 2.28. The number of methoxy groups -OCH3 is 1. The van der Waals surface area contributed by atoms with E-state index in [1.54, 1.807) is 7.11 Å². The van der Waals surface area contributed by atoms with Crippen molar-refractivity contribution in [1.82, 2.24) is 10.2 Å². The molecular formula is C15H32IN3O2. The number of likely N-dealkylation sites (N-methyl/N-ethyl adjacent to an activating group) is 1. The Bertz CT molecular complexity index is 307. The maximum Gasteiger partial charge on any atom is 0.193 e. The van der Waals surface area contributed by atoms with Crippen LogP contribution in [0, 0.1) is 5.92 Å². The van der Waals surface area contributed by atoms with Crippen LogP contribution in [-0.4, -0.2) is 63.5 Å². The van der Waals surface area contributed by atoms with Gasteiger partial charge in [0.25, 0.3) is 0 Å². The molecule has 0 bridgehead atoms. The molecule has 0 aromatic heterocycles. The molecule has 0 radical (unpaired) electrons. The summed E-state index contributed by atoms with van der Waals surface area (Å²) >= 11 is 0. The first-order valence-corrected chi connectivity index (χ1v) is 7.61. The van der Waals surface area contributed by atoms with Crippen molar-refractivity contribution in [3.63, 3.8) is 0 Å². The molecule has 0 spiro atoms. The van der Waals surface area contributed by atoms with Crippen LogP contribution in [0.5, 0.6) is 0 Å². The van der Waals surface area contributed by atoms with Gasteiger partial charge in [0.05, 0.1) is 18.8 Å². The normalized spacial score (nSPS) is 15.6. The zero-order valence-electron chi connectivity index (χ0n) is 14.1. The Balaban J connectivity index is 0.00000400. The molecule has 1 aliphatic carbocycles. The highest BCUT2D eigenvalue weighted by molar-refractivity contribution is 14.0. The molecule has 0 unspecified atom stereocenters. The molecule has 0 amide bonds. The second-order valence-electron chi connectivity index (χ2n) is 6.07. The first-order chi connectivity index (χ1) is 9.48. The average molecular weight is 413 g/mol. The van der Waals surface area contributed by atoms with Crippen LogP contribution < -0.4 is 5.32 Å². The van der Waals surface area contributed by atoms with Gasteiger partial charge in [-0.3, -0.25) is 4.99 Å². The maximum atomic E-state index is 5.67. The summed E-state index contributed by atoms with van der Waals surface area (Å²) in [5.41, 5.74) is -0.232. The summed E-state index contributed by atoms with van der Waals surface area (Å²) in [5.74, 6) is 1.73. The zero-order valence-corrected chi connectivity index (χ0v) is 16.5. The fourth-order valence-electron chi connectivity index (χ4n) is 1.64.